The van der Waals surface area contributed by atoms with Crippen molar-refractivity contribution < 1.29 is 19.1 Å². The molecule has 1 aromatic carbocycles. The van der Waals surface area contributed by atoms with Gasteiger partial charge in [-0.25, -0.2) is 4.79 Å². The zero-order chi connectivity index (χ0) is 18.9. The highest BCUT2D eigenvalue weighted by Gasteiger charge is 2.19. The number of hydrogen-bond donors (Lipinski definition) is 1. The summed E-state index contributed by atoms with van der Waals surface area (Å²) in [6, 6.07) is 7.21. The number of hydrogen-bond acceptors (Lipinski definition) is 5. The summed E-state index contributed by atoms with van der Waals surface area (Å²) in [6.07, 6.45) is 5.53. The maximum atomic E-state index is 12.4. The normalized spacial score (nSPS) is 14.6. The van der Waals surface area contributed by atoms with Gasteiger partial charge in [-0.15, -0.1) is 0 Å². The number of benzene rings is 1. The Bertz CT molecular complexity index is 734. The van der Waals surface area contributed by atoms with Crippen LogP contribution in [0, 0.1) is 11.3 Å². The first-order valence-corrected chi connectivity index (χ1v) is 9.33. The molecule has 0 bridgehead atoms. The van der Waals surface area contributed by atoms with Gasteiger partial charge in [0.15, 0.2) is 6.61 Å². The fourth-order valence-corrected chi connectivity index (χ4v) is 3.12. The molecular formula is C19H21BrN2O4. The van der Waals surface area contributed by atoms with E-state index in [1.807, 2.05) is 6.07 Å². The molecule has 1 aromatic rings. The minimum Gasteiger partial charge on any atom is -0.481 e. The first-order chi connectivity index (χ1) is 12.5. The molecule has 26 heavy (non-hydrogen) atoms. The van der Waals surface area contributed by atoms with E-state index in [9.17, 15) is 14.9 Å². The Labute approximate surface area is 161 Å². The smallest absolute Gasteiger partial charge is 0.344 e. The zero-order valence-corrected chi connectivity index (χ0v) is 16.2. The lowest BCUT2D eigenvalue weighted by atomic mass is 10.1. The molecule has 1 aliphatic carbocycles. The number of carbonyl (C=O) groups excluding carboxylic acids is 2. The summed E-state index contributed by atoms with van der Waals surface area (Å²) in [4.78, 5) is 23.8. The summed E-state index contributed by atoms with van der Waals surface area (Å²) < 4.78 is 11.1. The van der Waals surface area contributed by atoms with Crippen LogP contribution >= 0.6 is 15.9 Å². The molecule has 0 aliphatic heterocycles. The number of carbonyl (C=O) groups is 2. The molecule has 0 unspecified atom stereocenters. The Morgan fingerprint density at radius 3 is 2.77 bits per heavy atom. The second-order valence-electron chi connectivity index (χ2n) is 5.90. The van der Waals surface area contributed by atoms with Crippen molar-refractivity contribution in [3.8, 4) is 11.8 Å². The highest BCUT2D eigenvalue weighted by molar-refractivity contribution is 9.10. The average Bonchev–Trinajstić information content (AvgIpc) is 3.12. The van der Waals surface area contributed by atoms with E-state index in [4.69, 9.17) is 9.47 Å². The molecule has 1 saturated carbocycles. The summed E-state index contributed by atoms with van der Waals surface area (Å²) in [5, 5.41) is 12.3. The Morgan fingerprint density at radius 1 is 1.38 bits per heavy atom. The van der Waals surface area contributed by atoms with Crippen molar-refractivity contribution in [2.24, 2.45) is 0 Å². The molecule has 1 fully saturated rings. The number of nitrogens with zero attached hydrogens (tertiary/aromatic N) is 1. The van der Waals surface area contributed by atoms with E-state index in [0.29, 0.717) is 11.3 Å². The van der Waals surface area contributed by atoms with Crippen LogP contribution in [0.15, 0.2) is 28.2 Å². The van der Waals surface area contributed by atoms with Gasteiger partial charge in [-0.3, -0.25) is 4.79 Å². The number of amides is 1. The van der Waals surface area contributed by atoms with Gasteiger partial charge in [0, 0.05) is 16.1 Å². The molecule has 7 heteroatoms. The highest BCUT2D eigenvalue weighted by Crippen LogP contribution is 2.26. The predicted molar refractivity (Wildman–Crippen MR) is 100 cm³/mol. The fraction of sp³-hybridized carbons (Fsp3) is 0.421. The first kappa shape index (κ1) is 20.0. The topological polar surface area (TPSA) is 88.4 Å². The summed E-state index contributed by atoms with van der Waals surface area (Å²) in [5.41, 5.74) is 0.526. The molecule has 0 atom stereocenters. The van der Waals surface area contributed by atoms with Gasteiger partial charge in [0.1, 0.15) is 17.4 Å². The summed E-state index contributed by atoms with van der Waals surface area (Å²) in [7, 11) is 0. The van der Waals surface area contributed by atoms with E-state index in [-0.39, 0.29) is 24.8 Å². The van der Waals surface area contributed by atoms with Crippen LogP contribution in [-0.4, -0.2) is 31.1 Å². The van der Waals surface area contributed by atoms with Crippen molar-refractivity contribution in [1.82, 2.24) is 5.32 Å². The Kier molecular flexibility index (Phi) is 7.67. The van der Waals surface area contributed by atoms with Crippen molar-refractivity contribution in [2.75, 3.05) is 13.2 Å². The minimum atomic E-state index is -0.482. The molecule has 0 spiro atoms. The predicted octanol–water partition coefficient (Wildman–Crippen LogP) is 3.36. The van der Waals surface area contributed by atoms with Crippen LogP contribution in [0.3, 0.4) is 0 Å². The van der Waals surface area contributed by atoms with Gasteiger partial charge < -0.3 is 14.8 Å². The van der Waals surface area contributed by atoms with Crippen molar-refractivity contribution in [2.45, 2.75) is 38.6 Å². The van der Waals surface area contributed by atoms with Gasteiger partial charge in [-0.2, -0.15) is 5.26 Å². The number of nitrogens with one attached hydrogen (secondary N) is 1. The molecule has 1 aliphatic rings. The van der Waals surface area contributed by atoms with Gasteiger partial charge in [0.25, 0.3) is 5.91 Å². The maximum Gasteiger partial charge on any atom is 0.344 e. The molecule has 1 N–H and O–H groups in total. The Balaban J connectivity index is 2.17. The van der Waals surface area contributed by atoms with Crippen molar-refractivity contribution >= 4 is 33.9 Å². The van der Waals surface area contributed by atoms with E-state index in [2.05, 4.69) is 21.2 Å². The third kappa shape index (κ3) is 5.88. The average molecular weight is 421 g/mol. The molecule has 6 nitrogen and oxygen atoms in total. The second kappa shape index (κ2) is 9.97. The standard InChI is InChI=1S/C19H21BrN2O4/c1-2-25-18(23)12-26-17-8-7-15(20)10-13(17)9-14(11-21)19(24)22-16-5-3-4-6-16/h7-10,16H,2-6,12H2,1H3,(H,22,24)/b14-9-. The number of ether oxygens (including phenoxy) is 2. The van der Waals surface area contributed by atoms with Crippen molar-refractivity contribution in [3.05, 3.63) is 33.8 Å². The highest BCUT2D eigenvalue weighted by atomic mass is 79.9. The lowest BCUT2D eigenvalue weighted by Crippen LogP contribution is -2.33. The van der Waals surface area contributed by atoms with Gasteiger partial charge >= 0.3 is 5.97 Å². The van der Waals surface area contributed by atoms with E-state index in [1.54, 1.807) is 25.1 Å². The van der Waals surface area contributed by atoms with Crippen LogP contribution in [0.4, 0.5) is 0 Å². The molecule has 2 rings (SSSR count). The lowest BCUT2D eigenvalue weighted by Gasteiger charge is -2.12. The SMILES string of the molecule is CCOC(=O)COc1ccc(Br)cc1/C=C(/C#N)C(=O)NC1CCCC1. The third-order valence-electron chi connectivity index (χ3n) is 3.98. The number of nitriles is 1. The van der Waals surface area contributed by atoms with Gasteiger partial charge in [0.05, 0.1) is 6.61 Å². The van der Waals surface area contributed by atoms with Gasteiger partial charge in [-0.05, 0) is 44.0 Å². The molecule has 0 saturated heterocycles. The number of halogens is 1. The Morgan fingerprint density at radius 2 is 2.12 bits per heavy atom. The summed E-state index contributed by atoms with van der Waals surface area (Å²) in [5.74, 6) is -0.483. The van der Waals surface area contributed by atoms with Gasteiger partial charge in [-0.1, -0.05) is 28.8 Å². The van der Waals surface area contributed by atoms with Crippen LogP contribution < -0.4 is 10.1 Å². The molecule has 0 aromatic heterocycles. The van der Waals surface area contributed by atoms with Crippen molar-refractivity contribution in [3.63, 3.8) is 0 Å². The van der Waals surface area contributed by atoms with E-state index in [1.165, 1.54) is 6.08 Å². The first-order valence-electron chi connectivity index (χ1n) is 8.54. The Hall–Kier alpha value is -2.33. The third-order valence-corrected chi connectivity index (χ3v) is 4.47. The quantitative estimate of drug-likeness (QED) is 0.415. The van der Waals surface area contributed by atoms with Crippen molar-refractivity contribution in [1.29, 1.82) is 5.26 Å². The number of esters is 1. The van der Waals surface area contributed by atoms with Crippen LogP contribution in [0.25, 0.3) is 6.08 Å². The molecular weight excluding hydrogens is 400 g/mol. The second-order valence-corrected chi connectivity index (χ2v) is 6.82. The number of rotatable bonds is 7. The van der Waals surface area contributed by atoms with Crippen LogP contribution in [-0.2, 0) is 14.3 Å². The van der Waals surface area contributed by atoms with Crippen LogP contribution in [0.2, 0.25) is 0 Å². The molecule has 0 heterocycles. The van der Waals surface area contributed by atoms with E-state index >= 15 is 0 Å². The van der Waals surface area contributed by atoms with E-state index in [0.717, 1.165) is 30.2 Å². The van der Waals surface area contributed by atoms with Crippen LogP contribution in [0.5, 0.6) is 5.75 Å². The summed E-state index contributed by atoms with van der Waals surface area (Å²) in [6.45, 7) is 1.75. The fourth-order valence-electron chi connectivity index (χ4n) is 2.74. The summed E-state index contributed by atoms with van der Waals surface area (Å²) >= 11 is 3.36. The lowest BCUT2D eigenvalue weighted by molar-refractivity contribution is -0.145. The minimum absolute atomic E-state index is 0.00372. The molecule has 1 amide bonds. The largest absolute Gasteiger partial charge is 0.481 e. The monoisotopic (exact) mass is 420 g/mol. The molecule has 0 radical (unpaired) electrons. The van der Waals surface area contributed by atoms with Gasteiger partial charge in [0.2, 0.25) is 0 Å². The molecule has 138 valence electrons. The van der Waals surface area contributed by atoms with E-state index < -0.39 is 11.9 Å². The van der Waals surface area contributed by atoms with Crippen LogP contribution in [0.1, 0.15) is 38.2 Å². The zero-order valence-electron chi connectivity index (χ0n) is 14.6. The maximum absolute atomic E-state index is 12.4.